The predicted molar refractivity (Wildman–Crippen MR) is 61.8 cm³/mol. The molecule has 0 aliphatic rings. The highest BCUT2D eigenvalue weighted by Gasteiger charge is 1.86. The molecule has 1 rings (SSSR count). The summed E-state index contributed by atoms with van der Waals surface area (Å²) in [6, 6.07) is 8.19. The van der Waals surface area contributed by atoms with E-state index in [-0.39, 0.29) is 0 Å². The van der Waals surface area contributed by atoms with Crippen molar-refractivity contribution in [3.05, 3.63) is 54.1 Å². The van der Waals surface area contributed by atoms with Crippen LogP contribution in [-0.2, 0) is 0 Å². The monoisotopic (exact) mass is 174 g/mol. The number of allylic oxidation sites excluding steroid dienone is 1. The number of benzene rings is 1. The lowest BCUT2D eigenvalue weighted by molar-refractivity contribution is 1.42. The second-order valence-corrected chi connectivity index (χ2v) is 3.27. The molecule has 13 heavy (non-hydrogen) atoms. The van der Waals surface area contributed by atoms with Crippen molar-refractivity contribution in [2.45, 2.75) is 20.8 Å². The summed E-state index contributed by atoms with van der Waals surface area (Å²) in [5.41, 5.74) is 3.67. The number of hydrogen-bond acceptors (Lipinski definition) is 0. The molecule has 0 atom stereocenters. The van der Waals surface area contributed by atoms with Gasteiger partial charge >= 0.3 is 0 Å². The second-order valence-electron chi connectivity index (χ2n) is 3.27. The highest BCUT2D eigenvalue weighted by molar-refractivity contribution is 5.50. The first-order valence-electron chi connectivity index (χ1n) is 4.38. The molecule has 0 amide bonds. The Bertz CT molecular complexity index is 278. The van der Waals surface area contributed by atoms with Gasteiger partial charge in [-0.1, -0.05) is 42.5 Å². The van der Waals surface area contributed by atoms with Crippen LogP contribution in [0.3, 0.4) is 0 Å². The summed E-state index contributed by atoms with van der Waals surface area (Å²) in [6.45, 7) is 13.3. The van der Waals surface area contributed by atoms with Gasteiger partial charge in [0.25, 0.3) is 0 Å². The molecule has 0 saturated heterocycles. The van der Waals surface area contributed by atoms with Gasteiger partial charge in [0.2, 0.25) is 0 Å². The molecule has 0 unspecified atom stereocenters. The van der Waals surface area contributed by atoms with Crippen molar-refractivity contribution in [2.75, 3.05) is 0 Å². The summed E-state index contributed by atoms with van der Waals surface area (Å²) in [5.74, 6) is 0. The molecule has 1 aromatic carbocycles. The Morgan fingerprint density at radius 1 is 1.23 bits per heavy atom. The second kappa shape index (κ2) is 6.24. The Hall–Kier alpha value is -1.30. The quantitative estimate of drug-likeness (QED) is 0.559. The number of hydrogen-bond donors (Lipinski definition) is 0. The van der Waals surface area contributed by atoms with Crippen molar-refractivity contribution in [3.8, 4) is 0 Å². The average molecular weight is 174 g/mol. The van der Waals surface area contributed by atoms with Gasteiger partial charge in [0.1, 0.15) is 0 Å². The highest BCUT2D eigenvalue weighted by Crippen LogP contribution is 2.06. The average Bonchev–Trinajstić information content (AvgIpc) is 2.04. The van der Waals surface area contributed by atoms with E-state index < -0.39 is 0 Å². The van der Waals surface area contributed by atoms with E-state index in [0.717, 1.165) is 0 Å². The molecule has 0 heteroatoms. The molecule has 0 aromatic heterocycles. The first-order chi connectivity index (χ1) is 6.07. The van der Waals surface area contributed by atoms with Gasteiger partial charge in [-0.3, -0.25) is 0 Å². The van der Waals surface area contributed by atoms with Crippen LogP contribution in [0, 0.1) is 6.92 Å². The van der Waals surface area contributed by atoms with Crippen LogP contribution >= 0.6 is 0 Å². The lowest BCUT2D eigenvalue weighted by Crippen LogP contribution is -1.75. The minimum atomic E-state index is 1.17. The standard InChI is InChI=1S/C9H10.C4H8/c1-3-9-7-5-4-6-8(9)2;1-4(2)3/h3-7H,1H2,2H3;1H2,2-3H3. The molecular weight excluding hydrogens is 156 g/mol. The summed E-state index contributed by atoms with van der Waals surface area (Å²) < 4.78 is 0. The molecule has 0 nitrogen and oxygen atoms in total. The normalized spacial score (nSPS) is 8.23. The van der Waals surface area contributed by atoms with Crippen LogP contribution in [0.1, 0.15) is 25.0 Å². The Labute approximate surface area is 81.6 Å². The maximum absolute atomic E-state index is 3.69. The molecule has 0 aliphatic heterocycles. The van der Waals surface area contributed by atoms with E-state index in [0.29, 0.717) is 0 Å². The van der Waals surface area contributed by atoms with Gasteiger partial charge in [-0.15, -0.1) is 6.58 Å². The molecule has 1 aromatic rings. The topological polar surface area (TPSA) is 0 Å². The molecular formula is C13H18. The van der Waals surface area contributed by atoms with Gasteiger partial charge in [0.15, 0.2) is 0 Å². The lowest BCUT2D eigenvalue weighted by Gasteiger charge is -1.95. The van der Waals surface area contributed by atoms with Gasteiger partial charge in [-0.05, 0) is 31.9 Å². The maximum Gasteiger partial charge on any atom is -0.0233 e. The molecule has 0 saturated carbocycles. The largest absolute Gasteiger partial charge is 0.100 e. The van der Waals surface area contributed by atoms with Crippen molar-refractivity contribution in [1.29, 1.82) is 0 Å². The van der Waals surface area contributed by atoms with Crippen molar-refractivity contribution >= 4 is 6.08 Å². The SMILES string of the molecule is C=C(C)C.C=Cc1ccccc1C. The number of aryl methyl sites for hydroxylation is 1. The van der Waals surface area contributed by atoms with E-state index in [4.69, 9.17) is 0 Å². The third kappa shape index (κ3) is 5.92. The summed E-state index contributed by atoms with van der Waals surface area (Å²) >= 11 is 0. The fourth-order valence-corrected chi connectivity index (χ4v) is 0.816. The summed E-state index contributed by atoms with van der Waals surface area (Å²) in [5, 5.41) is 0. The zero-order valence-electron chi connectivity index (χ0n) is 8.80. The third-order valence-electron chi connectivity index (χ3n) is 1.41. The Morgan fingerprint density at radius 2 is 1.69 bits per heavy atom. The molecule has 0 heterocycles. The zero-order valence-corrected chi connectivity index (χ0v) is 8.80. The van der Waals surface area contributed by atoms with Crippen LogP contribution < -0.4 is 0 Å². The van der Waals surface area contributed by atoms with Gasteiger partial charge in [-0.2, -0.15) is 0 Å². The zero-order chi connectivity index (χ0) is 10.3. The number of rotatable bonds is 1. The van der Waals surface area contributed by atoms with Crippen molar-refractivity contribution in [1.82, 2.24) is 0 Å². The van der Waals surface area contributed by atoms with Crippen molar-refractivity contribution < 1.29 is 0 Å². The van der Waals surface area contributed by atoms with E-state index in [9.17, 15) is 0 Å². The minimum absolute atomic E-state index is 1.17. The van der Waals surface area contributed by atoms with Crippen LogP contribution in [0.4, 0.5) is 0 Å². The first kappa shape index (κ1) is 11.7. The minimum Gasteiger partial charge on any atom is -0.100 e. The van der Waals surface area contributed by atoms with Gasteiger partial charge in [0.05, 0.1) is 0 Å². The van der Waals surface area contributed by atoms with Crippen molar-refractivity contribution in [3.63, 3.8) is 0 Å². The fourth-order valence-electron chi connectivity index (χ4n) is 0.816. The summed E-state index contributed by atoms with van der Waals surface area (Å²) in [4.78, 5) is 0. The van der Waals surface area contributed by atoms with Crippen LogP contribution in [0.25, 0.3) is 6.08 Å². The Kier molecular flexibility index (Phi) is 5.62. The van der Waals surface area contributed by atoms with Crippen LogP contribution in [0.2, 0.25) is 0 Å². The van der Waals surface area contributed by atoms with Crippen LogP contribution in [0.5, 0.6) is 0 Å². The van der Waals surface area contributed by atoms with Gasteiger partial charge in [-0.25, -0.2) is 0 Å². The smallest absolute Gasteiger partial charge is 0.0233 e. The van der Waals surface area contributed by atoms with E-state index in [2.05, 4.69) is 32.2 Å². The fraction of sp³-hybridized carbons (Fsp3) is 0.231. The summed E-state index contributed by atoms with van der Waals surface area (Å²) in [6.07, 6.45) is 1.87. The molecule has 0 N–H and O–H groups in total. The van der Waals surface area contributed by atoms with Gasteiger partial charge < -0.3 is 0 Å². The predicted octanol–water partition coefficient (Wildman–Crippen LogP) is 4.22. The van der Waals surface area contributed by atoms with Crippen LogP contribution in [0.15, 0.2) is 43.0 Å². The summed E-state index contributed by atoms with van der Waals surface area (Å²) in [7, 11) is 0. The molecule has 0 radical (unpaired) electrons. The molecule has 0 aliphatic carbocycles. The van der Waals surface area contributed by atoms with Crippen LogP contribution in [-0.4, -0.2) is 0 Å². The first-order valence-corrected chi connectivity index (χ1v) is 4.38. The van der Waals surface area contributed by atoms with E-state index >= 15 is 0 Å². The van der Waals surface area contributed by atoms with E-state index in [1.807, 2.05) is 32.1 Å². The Balaban J connectivity index is 0.000000310. The van der Waals surface area contributed by atoms with E-state index in [1.165, 1.54) is 16.7 Å². The molecule has 0 spiro atoms. The van der Waals surface area contributed by atoms with Gasteiger partial charge in [0, 0.05) is 0 Å². The maximum atomic E-state index is 3.69. The third-order valence-corrected chi connectivity index (χ3v) is 1.41. The highest BCUT2D eigenvalue weighted by atomic mass is 13.9. The van der Waals surface area contributed by atoms with E-state index in [1.54, 1.807) is 0 Å². The molecule has 0 bridgehead atoms. The molecule has 0 fully saturated rings. The lowest BCUT2D eigenvalue weighted by atomic mass is 10.1. The van der Waals surface area contributed by atoms with Crippen molar-refractivity contribution in [2.24, 2.45) is 0 Å². The molecule has 70 valence electrons. The Morgan fingerprint density at radius 3 is 2.00 bits per heavy atom.